The van der Waals surface area contributed by atoms with Crippen LogP contribution >= 0.6 is 11.8 Å². The van der Waals surface area contributed by atoms with Gasteiger partial charge in [-0.1, -0.05) is 35.6 Å². The first-order valence-corrected chi connectivity index (χ1v) is 7.27. The summed E-state index contributed by atoms with van der Waals surface area (Å²) in [6, 6.07) is 8.36. The van der Waals surface area contributed by atoms with E-state index in [-0.39, 0.29) is 0 Å². The van der Waals surface area contributed by atoms with Gasteiger partial charge in [0.25, 0.3) is 0 Å². The number of hydrogen-bond acceptors (Lipinski definition) is 3. The summed E-state index contributed by atoms with van der Waals surface area (Å²) in [6.45, 7) is 6.13. The maximum Gasteiger partial charge on any atom is 0.0971 e. The van der Waals surface area contributed by atoms with Crippen LogP contribution in [0, 0.1) is 13.8 Å². The fraction of sp³-hybridized carbons (Fsp3) is 0.267. The molecule has 0 N–H and O–H groups in total. The van der Waals surface area contributed by atoms with Crippen molar-refractivity contribution in [3.63, 3.8) is 0 Å². The summed E-state index contributed by atoms with van der Waals surface area (Å²) in [7, 11) is 1.94. The first-order chi connectivity index (χ1) is 9.16. The number of benzene rings is 1. The maximum absolute atomic E-state index is 4.12. The molecule has 1 atom stereocenters. The van der Waals surface area contributed by atoms with Crippen LogP contribution in [-0.2, 0) is 7.05 Å². The third-order valence-electron chi connectivity index (χ3n) is 3.45. The van der Waals surface area contributed by atoms with E-state index in [1.165, 1.54) is 10.5 Å². The average molecular weight is 270 g/mol. The maximum atomic E-state index is 4.12. The Labute approximate surface area is 117 Å². The van der Waals surface area contributed by atoms with E-state index in [0.717, 1.165) is 22.7 Å². The van der Waals surface area contributed by atoms with Crippen molar-refractivity contribution in [3.05, 3.63) is 59.8 Å². The molecular formula is C15H16N3S. The van der Waals surface area contributed by atoms with Gasteiger partial charge in [0, 0.05) is 23.6 Å². The minimum absolute atomic E-state index is 0.433. The molecule has 1 aliphatic heterocycles. The third kappa shape index (κ3) is 2.21. The van der Waals surface area contributed by atoms with Gasteiger partial charge < -0.3 is 0 Å². The second-order valence-electron chi connectivity index (χ2n) is 4.79. The van der Waals surface area contributed by atoms with Crippen LogP contribution in [0.15, 0.2) is 30.3 Å². The zero-order valence-electron chi connectivity index (χ0n) is 11.1. The molecule has 3 rings (SSSR count). The molecule has 1 aromatic carbocycles. The Kier molecular flexibility index (Phi) is 3.19. The van der Waals surface area contributed by atoms with Crippen molar-refractivity contribution in [2.24, 2.45) is 7.05 Å². The molecule has 0 fully saturated rings. The van der Waals surface area contributed by atoms with E-state index in [4.69, 9.17) is 0 Å². The van der Waals surface area contributed by atoms with Crippen molar-refractivity contribution in [2.45, 2.75) is 12.8 Å². The molecule has 97 valence electrons. The van der Waals surface area contributed by atoms with Crippen molar-refractivity contribution in [1.82, 2.24) is 15.0 Å². The van der Waals surface area contributed by atoms with E-state index in [2.05, 4.69) is 41.5 Å². The molecule has 1 unspecified atom stereocenters. The highest BCUT2D eigenvalue weighted by molar-refractivity contribution is 8.08. The molecule has 2 aromatic rings. The molecule has 1 aromatic heterocycles. The predicted octanol–water partition coefficient (Wildman–Crippen LogP) is 3.18. The van der Waals surface area contributed by atoms with Gasteiger partial charge >= 0.3 is 0 Å². The summed E-state index contributed by atoms with van der Waals surface area (Å²) >= 11 is 1.87. The Morgan fingerprint density at radius 1 is 1.37 bits per heavy atom. The Balaban J connectivity index is 1.96. The van der Waals surface area contributed by atoms with Crippen LogP contribution < -0.4 is 0 Å². The van der Waals surface area contributed by atoms with Crippen molar-refractivity contribution in [2.75, 3.05) is 5.75 Å². The largest absolute Gasteiger partial charge is 0.247 e. The van der Waals surface area contributed by atoms with Gasteiger partial charge in [0.15, 0.2) is 0 Å². The van der Waals surface area contributed by atoms with Gasteiger partial charge in [0.05, 0.1) is 11.4 Å². The zero-order valence-corrected chi connectivity index (χ0v) is 11.9. The SMILES string of the molecule is [CH2]c1ccccc1C1C=C(c2c(C)nnn2C)SC1. The summed E-state index contributed by atoms with van der Waals surface area (Å²) in [4.78, 5) is 1.28. The normalized spacial score (nSPS) is 18.7. The van der Waals surface area contributed by atoms with Crippen LogP contribution in [0.3, 0.4) is 0 Å². The summed E-state index contributed by atoms with van der Waals surface area (Å²) < 4.78 is 1.85. The highest BCUT2D eigenvalue weighted by atomic mass is 32.2. The summed E-state index contributed by atoms with van der Waals surface area (Å²) in [6.07, 6.45) is 2.32. The lowest BCUT2D eigenvalue weighted by atomic mass is 9.96. The Hall–Kier alpha value is -1.55. The Morgan fingerprint density at radius 3 is 2.84 bits per heavy atom. The van der Waals surface area contributed by atoms with Crippen LogP contribution in [-0.4, -0.2) is 20.7 Å². The van der Waals surface area contributed by atoms with E-state index < -0.39 is 0 Å². The smallest absolute Gasteiger partial charge is 0.0971 e. The topological polar surface area (TPSA) is 30.7 Å². The first kappa shape index (κ1) is 12.5. The molecule has 4 heteroatoms. The third-order valence-corrected chi connectivity index (χ3v) is 4.62. The highest BCUT2D eigenvalue weighted by Crippen LogP contribution is 2.42. The lowest BCUT2D eigenvalue weighted by Crippen LogP contribution is -1.97. The number of aromatic nitrogens is 3. The van der Waals surface area contributed by atoms with Gasteiger partial charge in [-0.05, 0) is 25.0 Å². The monoisotopic (exact) mass is 270 g/mol. The van der Waals surface area contributed by atoms with Crippen molar-refractivity contribution in [1.29, 1.82) is 0 Å². The van der Waals surface area contributed by atoms with Crippen molar-refractivity contribution in [3.8, 4) is 0 Å². The van der Waals surface area contributed by atoms with Gasteiger partial charge in [-0.3, -0.25) is 0 Å². The fourth-order valence-electron chi connectivity index (χ4n) is 2.48. The lowest BCUT2D eigenvalue weighted by Gasteiger charge is -2.09. The van der Waals surface area contributed by atoms with Crippen LogP contribution in [0.1, 0.15) is 28.4 Å². The zero-order chi connectivity index (χ0) is 13.4. The van der Waals surface area contributed by atoms with Crippen LogP contribution in [0.25, 0.3) is 4.91 Å². The van der Waals surface area contributed by atoms with Gasteiger partial charge in [0.2, 0.25) is 0 Å². The van der Waals surface area contributed by atoms with E-state index in [1.807, 2.05) is 36.5 Å². The number of nitrogens with zero attached hydrogens (tertiary/aromatic N) is 3. The first-order valence-electron chi connectivity index (χ1n) is 6.29. The Morgan fingerprint density at radius 2 is 2.16 bits per heavy atom. The van der Waals surface area contributed by atoms with Crippen LogP contribution in [0.4, 0.5) is 0 Å². The van der Waals surface area contributed by atoms with Crippen molar-refractivity contribution >= 4 is 16.7 Å². The number of thioether (sulfide) groups is 1. The van der Waals surface area contributed by atoms with Gasteiger partial charge in [0.1, 0.15) is 0 Å². The summed E-state index contributed by atoms with van der Waals surface area (Å²) in [5, 5.41) is 8.20. The molecular weight excluding hydrogens is 254 g/mol. The molecule has 0 bridgehead atoms. The molecule has 2 heterocycles. The quantitative estimate of drug-likeness (QED) is 0.839. The number of aryl methyl sites for hydroxylation is 2. The van der Waals surface area contributed by atoms with Gasteiger partial charge in [-0.2, -0.15) is 0 Å². The molecule has 0 saturated heterocycles. The molecule has 19 heavy (non-hydrogen) atoms. The summed E-state index contributed by atoms with van der Waals surface area (Å²) in [5.41, 5.74) is 4.56. The van der Waals surface area contributed by atoms with E-state index >= 15 is 0 Å². The molecule has 0 spiro atoms. The van der Waals surface area contributed by atoms with Gasteiger partial charge in [-0.25, -0.2) is 4.68 Å². The second kappa shape index (κ2) is 4.85. The van der Waals surface area contributed by atoms with Crippen LogP contribution in [0.2, 0.25) is 0 Å². The minimum atomic E-state index is 0.433. The van der Waals surface area contributed by atoms with Crippen molar-refractivity contribution < 1.29 is 0 Å². The predicted molar refractivity (Wildman–Crippen MR) is 79.8 cm³/mol. The number of allylic oxidation sites excluding steroid dienone is 1. The standard InChI is InChI=1S/C15H16N3S/c1-10-6-4-5-7-13(10)12-8-14(19-9-12)15-11(2)16-17-18(15)3/h4-8,12H,1,9H2,2-3H3. The second-order valence-corrected chi connectivity index (χ2v) is 5.86. The molecule has 0 amide bonds. The van der Waals surface area contributed by atoms with E-state index in [9.17, 15) is 0 Å². The summed E-state index contributed by atoms with van der Waals surface area (Å²) in [5.74, 6) is 1.50. The Bertz CT molecular complexity index is 623. The minimum Gasteiger partial charge on any atom is -0.247 e. The average Bonchev–Trinajstić information content (AvgIpc) is 2.97. The fourth-order valence-corrected chi connectivity index (χ4v) is 3.79. The molecule has 0 aliphatic carbocycles. The number of rotatable bonds is 2. The lowest BCUT2D eigenvalue weighted by molar-refractivity contribution is 0.708. The van der Waals surface area contributed by atoms with E-state index in [1.54, 1.807) is 0 Å². The molecule has 3 nitrogen and oxygen atoms in total. The van der Waals surface area contributed by atoms with E-state index in [0.29, 0.717) is 5.92 Å². The highest BCUT2D eigenvalue weighted by Gasteiger charge is 2.23. The number of hydrogen-bond donors (Lipinski definition) is 0. The molecule has 1 radical (unpaired) electrons. The van der Waals surface area contributed by atoms with Crippen LogP contribution in [0.5, 0.6) is 0 Å². The molecule has 0 saturated carbocycles. The molecule has 1 aliphatic rings. The van der Waals surface area contributed by atoms with Gasteiger partial charge in [-0.15, -0.1) is 16.9 Å².